The molecule has 0 fully saturated rings. The van der Waals surface area contributed by atoms with Crippen molar-refractivity contribution < 1.29 is 9.21 Å². The van der Waals surface area contributed by atoms with E-state index < -0.39 is 0 Å². The lowest BCUT2D eigenvalue weighted by Gasteiger charge is -2.13. The number of hydrogen-bond acceptors (Lipinski definition) is 2. The SMILES string of the molecule is C[C@@H](Cc1ccc(Br)cc1)NC(=O)CCc1ccco1. The second-order valence-electron chi connectivity index (χ2n) is 4.88. The molecular formula is C16H18BrNO2. The van der Waals surface area contributed by atoms with Crippen molar-refractivity contribution in [2.75, 3.05) is 0 Å². The number of aryl methyl sites for hydroxylation is 1. The molecule has 1 aromatic carbocycles. The maximum Gasteiger partial charge on any atom is 0.220 e. The van der Waals surface area contributed by atoms with Gasteiger partial charge in [0.2, 0.25) is 5.91 Å². The third-order valence-electron chi connectivity index (χ3n) is 3.04. The summed E-state index contributed by atoms with van der Waals surface area (Å²) in [6, 6.07) is 12.0. The number of carbonyl (C=O) groups excluding carboxylic acids is 1. The number of amides is 1. The van der Waals surface area contributed by atoms with E-state index in [1.807, 2.05) is 31.2 Å². The number of furan rings is 1. The Labute approximate surface area is 127 Å². The lowest BCUT2D eigenvalue weighted by molar-refractivity contribution is -0.121. The van der Waals surface area contributed by atoms with Gasteiger partial charge >= 0.3 is 0 Å². The van der Waals surface area contributed by atoms with E-state index in [1.54, 1.807) is 6.26 Å². The molecule has 1 amide bonds. The maximum absolute atomic E-state index is 11.8. The molecule has 0 bridgehead atoms. The van der Waals surface area contributed by atoms with Crippen LogP contribution in [0.1, 0.15) is 24.7 Å². The maximum atomic E-state index is 11.8. The van der Waals surface area contributed by atoms with Gasteiger partial charge in [0.15, 0.2) is 0 Å². The lowest BCUT2D eigenvalue weighted by atomic mass is 10.1. The van der Waals surface area contributed by atoms with E-state index in [1.165, 1.54) is 5.56 Å². The minimum atomic E-state index is 0.0611. The van der Waals surface area contributed by atoms with Gasteiger partial charge in [0.05, 0.1) is 6.26 Å². The molecule has 106 valence electrons. The standard InChI is InChI=1S/C16H18BrNO2/c1-12(11-13-4-6-14(17)7-5-13)18-16(19)9-8-15-3-2-10-20-15/h2-7,10,12H,8-9,11H2,1H3,(H,18,19)/t12-/m0/s1. The molecule has 0 saturated heterocycles. The van der Waals surface area contributed by atoms with Gasteiger partial charge in [-0.3, -0.25) is 4.79 Å². The third kappa shape index (κ3) is 4.85. The predicted molar refractivity (Wildman–Crippen MR) is 82.5 cm³/mol. The van der Waals surface area contributed by atoms with E-state index in [4.69, 9.17) is 4.42 Å². The van der Waals surface area contributed by atoms with E-state index in [-0.39, 0.29) is 11.9 Å². The van der Waals surface area contributed by atoms with Crippen LogP contribution in [-0.2, 0) is 17.6 Å². The van der Waals surface area contributed by atoms with Crippen LogP contribution in [-0.4, -0.2) is 11.9 Å². The quantitative estimate of drug-likeness (QED) is 0.874. The zero-order valence-corrected chi connectivity index (χ0v) is 13.0. The average molecular weight is 336 g/mol. The molecule has 2 rings (SSSR count). The van der Waals surface area contributed by atoms with Crippen LogP contribution in [0.25, 0.3) is 0 Å². The van der Waals surface area contributed by atoms with Gasteiger partial charge in [-0.05, 0) is 43.2 Å². The highest BCUT2D eigenvalue weighted by Crippen LogP contribution is 2.12. The zero-order valence-electron chi connectivity index (χ0n) is 11.4. The molecule has 0 radical (unpaired) electrons. The Hall–Kier alpha value is -1.55. The van der Waals surface area contributed by atoms with E-state index >= 15 is 0 Å². The molecule has 0 spiro atoms. The highest BCUT2D eigenvalue weighted by molar-refractivity contribution is 9.10. The smallest absolute Gasteiger partial charge is 0.220 e. The Balaban J connectivity index is 1.74. The molecular weight excluding hydrogens is 318 g/mol. The Kier molecular flexibility index (Phi) is 5.41. The number of rotatable bonds is 6. The molecule has 2 aromatic rings. The number of halogens is 1. The monoisotopic (exact) mass is 335 g/mol. The van der Waals surface area contributed by atoms with Gasteiger partial charge in [-0.25, -0.2) is 0 Å². The molecule has 3 nitrogen and oxygen atoms in total. The van der Waals surface area contributed by atoms with Crippen LogP contribution in [0.4, 0.5) is 0 Å². The first-order valence-electron chi connectivity index (χ1n) is 6.69. The van der Waals surface area contributed by atoms with Crippen LogP contribution in [0.5, 0.6) is 0 Å². The second kappa shape index (κ2) is 7.29. The van der Waals surface area contributed by atoms with Gasteiger partial charge in [-0.1, -0.05) is 28.1 Å². The first-order chi connectivity index (χ1) is 9.63. The van der Waals surface area contributed by atoms with Gasteiger partial charge < -0.3 is 9.73 Å². The molecule has 1 N–H and O–H groups in total. The topological polar surface area (TPSA) is 42.2 Å². The van der Waals surface area contributed by atoms with Gasteiger partial charge in [-0.15, -0.1) is 0 Å². The zero-order chi connectivity index (χ0) is 14.4. The van der Waals surface area contributed by atoms with Crippen LogP contribution in [0, 0.1) is 0 Å². The van der Waals surface area contributed by atoms with Crippen LogP contribution in [0.3, 0.4) is 0 Å². The molecule has 0 aliphatic rings. The highest BCUT2D eigenvalue weighted by Gasteiger charge is 2.09. The molecule has 0 aliphatic carbocycles. The number of nitrogens with one attached hydrogen (secondary N) is 1. The summed E-state index contributed by atoms with van der Waals surface area (Å²) in [5, 5.41) is 3.01. The summed E-state index contributed by atoms with van der Waals surface area (Å²) >= 11 is 3.41. The van der Waals surface area contributed by atoms with Crippen LogP contribution >= 0.6 is 15.9 Å². The van der Waals surface area contributed by atoms with Crippen LogP contribution < -0.4 is 5.32 Å². The van der Waals surface area contributed by atoms with E-state index in [0.29, 0.717) is 12.8 Å². The Bertz CT molecular complexity index is 534. The Morgan fingerprint density at radius 2 is 2.05 bits per heavy atom. The Morgan fingerprint density at radius 1 is 1.30 bits per heavy atom. The number of hydrogen-bond donors (Lipinski definition) is 1. The molecule has 0 unspecified atom stereocenters. The predicted octanol–water partition coefficient (Wildman–Crippen LogP) is 3.72. The van der Waals surface area contributed by atoms with Crippen molar-refractivity contribution in [3.05, 3.63) is 58.5 Å². The van der Waals surface area contributed by atoms with E-state index in [9.17, 15) is 4.79 Å². The first-order valence-corrected chi connectivity index (χ1v) is 7.49. The molecule has 1 heterocycles. The van der Waals surface area contributed by atoms with Crippen molar-refractivity contribution in [1.82, 2.24) is 5.32 Å². The average Bonchev–Trinajstić information content (AvgIpc) is 2.92. The normalized spacial score (nSPS) is 12.1. The fraction of sp³-hybridized carbons (Fsp3) is 0.312. The largest absolute Gasteiger partial charge is 0.469 e. The van der Waals surface area contributed by atoms with Crippen molar-refractivity contribution in [3.63, 3.8) is 0 Å². The molecule has 4 heteroatoms. The first kappa shape index (κ1) is 14.9. The van der Waals surface area contributed by atoms with Crippen LogP contribution in [0.15, 0.2) is 51.6 Å². The summed E-state index contributed by atoms with van der Waals surface area (Å²) in [6.07, 6.45) is 3.56. The molecule has 0 saturated carbocycles. The minimum absolute atomic E-state index is 0.0611. The second-order valence-corrected chi connectivity index (χ2v) is 5.79. The summed E-state index contributed by atoms with van der Waals surface area (Å²) < 4.78 is 6.28. The van der Waals surface area contributed by atoms with Gasteiger partial charge in [0.1, 0.15) is 5.76 Å². The third-order valence-corrected chi connectivity index (χ3v) is 3.57. The van der Waals surface area contributed by atoms with Crippen molar-refractivity contribution in [2.45, 2.75) is 32.2 Å². The van der Waals surface area contributed by atoms with Crippen molar-refractivity contribution >= 4 is 21.8 Å². The van der Waals surface area contributed by atoms with Crippen molar-refractivity contribution in [2.24, 2.45) is 0 Å². The van der Waals surface area contributed by atoms with Crippen LogP contribution in [0.2, 0.25) is 0 Å². The van der Waals surface area contributed by atoms with Gasteiger partial charge in [0.25, 0.3) is 0 Å². The summed E-state index contributed by atoms with van der Waals surface area (Å²) in [4.78, 5) is 11.8. The minimum Gasteiger partial charge on any atom is -0.469 e. The Morgan fingerprint density at radius 3 is 2.70 bits per heavy atom. The lowest BCUT2D eigenvalue weighted by Crippen LogP contribution is -2.34. The molecule has 1 atom stereocenters. The highest BCUT2D eigenvalue weighted by atomic mass is 79.9. The van der Waals surface area contributed by atoms with Gasteiger partial charge in [0, 0.05) is 23.4 Å². The van der Waals surface area contributed by atoms with E-state index in [0.717, 1.165) is 16.7 Å². The van der Waals surface area contributed by atoms with Crippen molar-refractivity contribution in [3.8, 4) is 0 Å². The van der Waals surface area contributed by atoms with E-state index in [2.05, 4.69) is 33.4 Å². The molecule has 1 aromatic heterocycles. The fourth-order valence-corrected chi connectivity index (χ4v) is 2.33. The summed E-state index contributed by atoms with van der Waals surface area (Å²) in [6.45, 7) is 2.02. The fourth-order valence-electron chi connectivity index (χ4n) is 2.06. The summed E-state index contributed by atoms with van der Waals surface area (Å²) in [5.41, 5.74) is 1.21. The number of carbonyl (C=O) groups is 1. The summed E-state index contributed by atoms with van der Waals surface area (Å²) in [5.74, 6) is 0.909. The number of benzene rings is 1. The van der Waals surface area contributed by atoms with Gasteiger partial charge in [-0.2, -0.15) is 0 Å². The molecule has 0 aliphatic heterocycles. The molecule has 20 heavy (non-hydrogen) atoms. The van der Waals surface area contributed by atoms with Crippen molar-refractivity contribution in [1.29, 1.82) is 0 Å². The summed E-state index contributed by atoms with van der Waals surface area (Å²) in [7, 11) is 0.